The van der Waals surface area contributed by atoms with Gasteiger partial charge in [-0.3, -0.25) is 4.79 Å². The predicted octanol–water partition coefficient (Wildman–Crippen LogP) is 2.73. The molecule has 2 aromatic rings. The van der Waals surface area contributed by atoms with E-state index in [1.54, 1.807) is 24.1 Å². The summed E-state index contributed by atoms with van der Waals surface area (Å²) in [7, 11) is -2.31. The summed E-state index contributed by atoms with van der Waals surface area (Å²) >= 11 is 0. The first-order chi connectivity index (χ1) is 13.3. The molecule has 1 aliphatic heterocycles. The van der Waals surface area contributed by atoms with Gasteiger partial charge >= 0.3 is 0 Å². The van der Waals surface area contributed by atoms with E-state index in [9.17, 15) is 17.6 Å². The molecule has 8 heteroatoms. The molecule has 1 atom stereocenters. The largest absolute Gasteiger partial charge is 0.496 e. The molecule has 2 aromatic carbocycles. The molecule has 1 unspecified atom stereocenters. The highest BCUT2D eigenvalue weighted by Crippen LogP contribution is 2.22. The SMILES string of the molecule is COc1cc(C(=O)N2CCCC(NS(=O)(=O)c3cccc(F)c3)C2)ccc1C. The number of hydrogen-bond donors (Lipinski definition) is 1. The number of carbonyl (C=O) groups is 1. The number of methoxy groups -OCH3 is 1. The molecule has 1 N–H and O–H groups in total. The van der Waals surface area contributed by atoms with Gasteiger partial charge in [0.05, 0.1) is 12.0 Å². The average molecular weight is 406 g/mol. The Balaban J connectivity index is 1.72. The van der Waals surface area contributed by atoms with E-state index in [4.69, 9.17) is 4.74 Å². The number of ether oxygens (including phenoxy) is 1. The maximum Gasteiger partial charge on any atom is 0.254 e. The number of hydrogen-bond acceptors (Lipinski definition) is 4. The monoisotopic (exact) mass is 406 g/mol. The number of halogens is 1. The van der Waals surface area contributed by atoms with Crippen LogP contribution in [0.3, 0.4) is 0 Å². The van der Waals surface area contributed by atoms with Crippen molar-refractivity contribution in [1.29, 1.82) is 0 Å². The zero-order valence-corrected chi connectivity index (χ0v) is 16.6. The molecular formula is C20H23FN2O4S. The Morgan fingerprint density at radius 3 is 2.75 bits per heavy atom. The second-order valence-electron chi connectivity index (χ2n) is 6.85. The second kappa shape index (κ2) is 8.28. The number of sulfonamides is 1. The lowest BCUT2D eigenvalue weighted by Gasteiger charge is -2.33. The van der Waals surface area contributed by atoms with Gasteiger partial charge < -0.3 is 9.64 Å². The number of aryl methyl sites for hydroxylation is 1. The summed E-state index contributed by atoms with van der Waals surface area (Å²) in [5.41, 5.74) is 1.43. The molecule has 0 aliphatic carbocycles. The normalized spacial score (nSPS) is 17.4. The van der Waals surface area contributed by atoms with Crippen LogP contribution in [0.2, 0.25) is 0 Å². The highest BCUT2D eigenvalue weighted by molar-refractivity contribution is 7.89. The average Bonchev–Trinajstić information content (AvgIpc) is 2.67. The van der Waals surface area contributed by atoms with E-state index < -0.39 is 21.9 Å². The Labute approximate surface area is 164 Å². The van der Waals surface area contributed by atoms with E-state index in [1.165, 1.54) is 18.2 Å². The number of nitrogens with zero attached hydrogens (tertiary/aromatic N) is 1. The number of nitrogens with one attached hydrogen (secondary N) is 1. The molecule has 1 aliphatic rings. The molecule has 0 radical (unpaired) electrons. The quantitative estimate of drug-likeness (QED) is 0.829. The molecule has 1 amide bonds. The molecule has 6 nitrogen and oxygen atoms in total. The first-order valence-corrected chi connectivity index (χ1v) is 10.5. The van der Waals surface area contributed by atoms with Gasteiger partial charge in [-0.25, -0.2) is 17.5 Å². The van der Waals surface area contributed by atoms with Crippen LogP contribution in [0, 0.1) is 12.7 Å². The van der Waals surface area contributed by atoms with Crippen LogP contribution in [0.5, 0.6) is 5.75 Å². The fourth-order valence-corrected chi connectivity index (χ4v) is 4.61. The standard InChI is InChI=1S/C20H23FN2O4S/c1-14-8-9-15(11-19(14)27-2)20(24)23-10-4-6-17(13-23)22-28(25,26)18-7-3-5-16(21)12-18/h3,5,7-9,11-12,17,22H,4,6,10,13H2,1-2H3. The van der Waals surface area contributed by atoms with Crippen molar-refractivity contribution in [3.63, 3.8) is 0 Å². The third-order valence-corrected chi connectivity index (χ3v) is 6.31. The molecule has 0 spiro atoms. The van der Waals surface area contributed by atoms with E-state index in [2.05, 4.69) is 4.72 Å². The lowest BCUT2D eigenvalue weighted by molar-refractivity contribution is 0.0702. The van der Waals surface area contributed by atoms with Crippen molar-refractivity contribution in [2.45, 2.75) is 30.7 Å². The van der Waals surface area contributed by atoms with Crippen LogP contribution in [-0.4, -0.2) is 45.5 Å². The summed E-state index contributed by atoms with van der Waals surface area (Å²) in [4.78, 5) is 14.4. The fourth-order valence-electron chi connectivity index (χ4n) is 3.32. The molecule has 0 aromatic heterocycles. The smallest absolute Gasteiger partial charge is 0.254 e. The van der Waals surface area contributed by atoms with Gasteiger partial charge in [0, 0.05) is 24.7 Å². The van der Waals surface area contributed by atoms with Crippen LogP contribution in [0.1, 0.15) is 28.8 Å². The highest BCUT2D eigenvalue weighted by atomic mass is 32.2. The van der Waals surface area contributed by atoms with E-state index in [-0.39, 0.29) is 17.3 Å². The summed E-state index contributed by atoms with van der Waals surface area (Å²) in [5.74, 6) is -0.157. The Hall–Kier alpha value is -2.45. The third-order valence-electron chi connectivity index (χ3n) is 4.79. The lowest BCUT2D eigenvalue weighted by atomic mass is 10.0. The Morgan fingerprint density at radius 2 is 2.04 bits per heavy atom. The molecule has 1 heterocycles. The topological polar surface area (TPSA) is 75.7 Å². The van der Waals surface area contributed by atoms with Gasteiger partial charge in [-0.2, -0.15) is 0 Å². The maximum absolute atomic E-state index is 13.4. The number of rotatable bonds is 5. The minimum absolute atomic E-state index is 0.126. The predicted molar refractivity (Wildman–Crippen MR) is 103 cm³/mol. The van der Waals surface area contributed by atoms with Crippen LogP contribution < -0.4 is 9.46 Å². The van der Waals surface area contributed by atoms with Crippen molar-refractivity contribution in [3.8, 4) is 5.75 Å². The van der Waals surface area contributed by atoms with Crippen molar-refractivity contribution in [2.24, 2.45) is 0 Å². The van der Waals surface area contributed by atoms with Crippen molar-refractivity contribution in [2.75, 3.05) is 20.2 Å². The van der Waals surface area contributed by atoms with Crippen molar-refractivity contribution in [1.82, 2.24) is 9.62 Å². The zero-order valence-electron chi connectivity index (χ0n) is 15.8. The molecule has 150 valence electrons. The van der Waals surface area contributed by atoms with E-state index in [1.807, 2.05) is 13.0 Å². The van der Waals surface area contributed by atoms with Gasteiger partial charge in [-0.1, -0.05) is 12.1 Å². The molecule has 3 rings (SSSR count). The van der Waals surface area contributed by atoms with Crippen molar-refractivity contribution < 1.29 is 22.3 Å². The van der Waals surface area contributed by atoms with Crippen LogP contribution in [-0.2, 0) is 10.0 Å². The van der Waals surface area contributed by atoms with Gasteiger partial charge in [0.2, 0.25) is 10.0 Å². The number of carbonyl (C=O) groups excluding carboxylic acids is 1. The van der Waals surface area contributed by atoms with E-state index in [0.717, 1.165) is 11.6 Å². The Morgan fingerprint density at radius 1 is 1.25 bits per heavy atom. The van der Waals surface area contributed by atoms with Gasteiger partial charge in [0.25, 0.3) is 5.91 Å². The summed E-state index contributed by atoms with van der Waals surface area (Å²) in [6.45, 7) is 2.70. The third kappa shape index (κ3) is 4.51. The second-order valence-corrected chi connectivity index (χ2v) is 8.57. The van der Waals surface area contributed by atoms with Crippen LogP contribution in [0.15, 0.2) is 47.4 Å². The number of benzene rings is 2. The van der Waals surface area contributed by atoms with Crippen molar-refractivity contribution >= 4 is 15.9 Å². The first kappa shape index (κ1) is 20.3. The van der Waals surface area contributed by atoms with Gasteiger partial charge in [0.15, 0.2) is 0 Å². The molecule has 0 bridgehead atoms. The summed E-state index contributed by atoms with van der Waals surface area (Å²) in [6, 6.07) is 9.68. The number of amides is 1. The Bertz CT molecular complexity index is 978. The molecule has 1 saturated heterocycles. The lowest BCUT2D eigenvalue weighted by Crippen LogP contribution is -2.49. The minimum atomic E-state index is -3.86. The summed E-state index contributed by atoms with van der Waals surface area (Å²) in [5, 5.41) is 0. The van der Waals surface area contributed by atoms with Crippen LogP contribution in [0.25, 0.3) is 0 Å². The van der Waals surface area contributed by atoms with E-state index >= 15 is 0 Å². The molecule has 28 heavy (non-hydrogen) atoms. The number of likely N-dealkylation sites (tertiary alicyclic amines) is 1. The van der Waals surface area contributed by atoms with Gasteiger partial charge in [-0.15, -0.1) is 0 Å². The van der Waals surface area contributed by atoms with E-state index in [0.29, 0.717) is 30.7 Å². The van der Waals surface area contributed by atoms with Crippen LogP contribution in [0.4, 0.5) is 4.39 Å². The van der Waals surface area contributed by atoms with Gasteiger partial charge in [-0.05, 0) is 55.7 Å². The van der Waals surface area contributed by atoms with Gasteiger partial charge in [0.1, 0.15) is 11.6 Å². The van der Waals surface area contributed by atoms with Crippen molar-refractivity contribution in [3.05, 3.63) is 59.4 Å². The number of piperidine rings is 1. The fraction of sp³-hybridized carbons (Fsp3) is 0.350. The maximum atomic E-state index is 13.4. The Kier molecular flexibility index (Phi) is 6.00. The summed E-state index contributed by atoms with van der Waals surface area (Å²) in [6.07, 6.45) is 1.28. The minimum Gasteiger partial charge on any atom is -0.496 e. The summed E-state index contributed by atoms with van der Waals surface area (Å²) < 4.78 is 46.3. The molecule has 1 fully saturated rings. The molecule has 0 saturated carbocycles. The highest BCUT2D eigenvalue weighted by Gasteiger charge is 2.28. The first-order valence-electron chi connectivity index (χ1n) is 9.02. The van der Waals surface area contributed by atoms with Crippen LogP contribution >= 0.6 is 0 Å². The molecular weight excluding hydrogens is 383 g/mol. The zero-order chi connectivity index (χ0) is 20.3.